The first kappa shape index (κ1) is 25.0. The van der Waals surface area contributed by atoms with Crippen molar-refractivity contribution in [3.8, 4) is 5.75 Å². The van der Waals surface area contributed by atoms with Gasteiger partial charge < -0.3 is 20.3 Å². The number of benzene rings is 2. The summed E-state index contributed by atoms with van der Waals surface area (Å²) in [4.78, 5) is 19.0. The summed E-state index contributed by atoms with van der Waals surface area (Å²) >= 11 is 0. The van der Waals surface area contributed by atoms with Crippen LogP contribution in [0.15, 0.2) is 59.6 Å². The number of guanidine groups is 1. The lowest BCUT2D eigenvalue weighted by atomic mass is 10.1. The van der Waals surface area contributed by atoms with Gasteiger partial charge in [-0.05, 0) is 43.7 Å². The minimum absolute atomic E-state index is 0. The third kappa shape index (κ3) is 7.72. The maximum Gasteiger partial charge on any atom is 0.251 e. The minimum atomic E-state index is -0.0403. The molecule has 0 saturated carbocycles. The summed E-state index contributed by atoms with van der Waals surface area (Å²) in [6.07, 6.45) is 2.19. The predicted octanol–water partition coefficient (Wildman–Crippen LogP) is 4.06. The second kappa shape index (κ2) is 13.2. The predicted molar refractivity (Wildman–Crippen MR) is 136 cm³/mol. The molecule has 0 atom stereocenters. The third-order valence-electron chi connectivity index (χ3n) is 5.09. The van der Waals surface area contributed by atoms with Crippen LogP contribution < -0.4 is 15.4 Å². The molecule has 1 fully saturated rings. The molecule has 1 amide bonds. The minimum Gasteiger partial charge on any atom is -0.490 e. The molecule has 1 saturated heterocycles. The summed E-state index contributed by atoms with van der Waals surface area (Å²) in [6.45, 7) is 7.87. The average molecular weight is 536 g/mol. The lowest BCUT2D eigenvalue weighted by Gasteiger charge is -2.34. The Labute approximate surface area is 202 Å². The lowest BCUT2D eigenvalue weighted by Crippen LogP contribution is -2.47. The number of aliphatic imine (C=N–C) groups is 1. The second-order valence-corrected chi connectivity index (χ2v) is 7.34. The van der Waals surface area contributed by atoms with Crippen LogP contribution in [0, 0.1) is 0 Å². The van der Waals surface area contributed by atoms with E-state index in [1.165, 1.54) is 0 Å². The van der Waals surface area contributed by atoms with Crippen LogP contribution in [0.2, 0.25) is 0 Å². The van der Waals surface area contributed by atoms with E-state index < -0.39 is 0 Å². The lowest BCUT2D eigenvalue weighted by molar-refractivity contribution is 0.0955. The summed E-state index contributed by atoms with van der Waals surface area (Å²) in [5, 5.41) is 6.22. The Kier molecular flexibility index (Phi) is 10.6. The van der Waals surface area contributed by atoms with Gasteiger partial charge in [0.15, 0.2) is 5.96 Å². The number of hydrogen-bond donors (Lipinski definition) is 2. The van der Waals surface area contributed by atoms with E-state index in [1.807, 2.05) is 61.5 Å². The molecule has 0 spiro atoms. The molecule has 31 heavy (non-hydrogen) atoms. The molecule has 0 aliphatic carbocycles. The molecule has 168 valence electrons. The molecule has 0 aromatic heterocycles. The van der Waals surface area contributed by atoms with Gasteiger partial charge in [0.2, 0.25) is 0 Å². The number of hydrogen-bond acceptors (Lipinski definition) is 3. The largest absolute Gasteiger partial charge is 0.490 e. The molecule has 1 aliphatic heterocycles. The van der Waals surface area contributed by atoms with Crippen LogP contribution in [0.25, 0.3) is 0 Å². The maximum atomic E-state index is 11.9. The molecule has 1 heterocycles. The van der Waals surface area contributed by atoms with Crippen LogP contribution in [0.5, 0.6) is 5.75 Å². The summed E-state index contributed by atoms with van der Waals surface area (Å²) in [5.74, 6) is 1.83. The molecule has 0 bridgehead atoms. The summed E-state index contributed by atoms with van der Waals surface area (Å²) in [7, 11) is 0. The Hall–Kier alpha value is -2.29. The quantitative estimate of drug-likeness (QED) is 0.318. The molecule has 7 heteroatoms. The van der Waals surface area contributed by atoms with Crippen LogP contribution in [0.4, 0.5) is 0 Å². The molecular weight excluding hydrogens is 503 g/mol. The molecule has 2 aromatic carbocycles. The fourth-order valence-corrected chi connectivity index (χ4v) is 3.49. The first-order valence-corrected chi connectivity index (χ1v) is 10.8. The Morgan fingerprint density at radius 2 is 1.65 bits per heavy atom. The number of piperidine rings is 1. The zero-order valence-corrected chi connectivity index (χ0v) is 20.7. The number of halogens is 1. The second-order valence-electron chi connectivity index (χ2n) is 7.34. The van der Waals surface area contributed by atoms with Gasteiger partial charge in [-0.1, -0.05) is 30.3 Å². The van der Waals surface area contributed by atoms with E-state index >= 15 is 0 Å². The Bertz CT molecular complexity index is 819. The molecule has 1 aliphatic rings. The van der Waals surface area contributed by atoms with Gasteiger partial charge in [0.05, 0.1) is 6.54 Å². The van der Waals surface area contributed by atoms with Crippen LogP contribution in [0.1, 0.15) is 42.6 Å². The van der Waals surface area contributed by atoms with E-state index in [0.29, 0.717) is 18.7 Å². The van der Waals surface area contributed by atoms with Crippen LogP contribution in [0.3, 0.4) is 0 Å². The number of nitrogens with zero attached hydrogens (tertiary/aromatic N) is 2. The van der Waals surface area contributed by atoms with Gasteiger partial charge in [-0.2, -0.15) is 0 Å². The van der Waals surface area contributed by atoms with Crippen molar-refractivity contribution in [2.24, 2.45) is 4.99 Å². The number of likely N-dealkylation sites (tertiary alicyclic amines) is 1. The standard InChI is InChI=1S/C24H32N4O2.HI/c1-3-25-23(29)20-12-10-19(11-13-20)18-27-24(26-4-2)28-16-14-22(15-17-28)30-21-8-6-5-7-9-21;/h5-13,22H,3-4,14-18H2,1-2H3,(H,25,29)(H,26,27);1H. The van der Waals surface area contributed by atoms with Gasteiger partial charge in [0.1, 0.15) is 11.9 Å². The number of amides is 1. The van der Waals surface area contributed by atoms with Crippen molar-refractivity contribution < 1.29 is 9.53 Å². The van der Waals surface area contributed by atoms with Crippen molar-refractivity contribution in [1.29, 1.82) is 0 Å². The Morgan fingerprint density at radius 3 is 2.26 bits per heavy atom. The summed E-state index contributed by atoms with van der Waals surface area (Å²) in [5.41, 5.74) is 1.76. The van der Waals surface area contributed by atoms with Crippen LogP contribution in [-0.4, -0.2) is 49.0 Å². The van der Waals surface area contributed by atoms with Gasteiger partial charge in [0.25, 0.3) is 5.91 Å². The fraction of sp³-hybridized carbons (Fsp3) is 0.417. The third-order valence-corrected chi connectivity index (χ3v) is 5.09. The van der Waals surface area contributed by atoms with Crippen molar-refractivity contribution in [2.45, 2.75) is 39.3 Å². The van der Waals surface area contributed by atoms with E-state index in [-0.39, 0.29) is 36.0 Å². The molecule has 0 radical (unpaired) electrons. The van der Waals surface area contributed by atoms with E-state index in [1.54, 1.807) is 0 Å². The highest BCUT2D eigenvalue weighted by Crippen LogP contribution is 2.19. The maximum absolute atomic E-state index is 11.9. The number of ether oxygens (including phenoxy) is 1. The van der Waals surface area contributed by atoms with Crippen molar-refractivity contribution in [2.75, 3.05) is 26.2 Å². The Morgan fingerprint density at radius 1 is 1.00 bits per heavy atom. The number of nitrogens with one attached hydrogen (secondary N) is 2. The number of rotatable bonds is 7. The molecule has 6 nitrogen and oxygen atoms in total. The van der Waals surface area contributed by atoms with Crippen molar-refractivity contribution >= 4 is 35.8 Å². The monoisotopic (exact) mass is 536 g/mol. The Balaban J connectivity index is 0.00000341. The molecule has 3 rings (SSSR count). The summed E-state index contributed by atoms with van der Waals surface area (Å²) in [6, 6.07) is 17.7. The van der Waals surface area contributed by atoms with Crippen LogP contribution in [-0.2, 0) is 6.54 Å². The first-order valence-electron chi connectivity index (χ1n) is 10.8. The topological polar surface area (TPSA) is 66.0 Å². The van der Waals surface area contributed by atoms with Gasteiger partial charge in [0, 0.05) is 44.6 Å². The highest BCUT2D eigenvalue weighted by atomic mass is 127. The van der Waals surface area contributed by atoms with E-state index in [0.717, 1.165) is 49.7 Å². The van der Waals surface area contributed by atoms with Gasteiger partial charge >= 0.3 is 0 Å². The van der Waals surface area contributed by atoms with Crippen molar-refractivity contribution in [1.82, 2.24) is 15.5 Å². The zero-order valence-electron chi connectivity index (χ0n) is 18.3. The number of para-hydroxylation sites is 1. The van der Waals surface area contributed by atoms with Crippen LogP contribution >= 0.6 is 24.0 Å². The van der Waals surface area contributed by atoms with Gasteiger partial charge in [-0.15, -0.1) is 24.0 Å². The normalized spacial score (nSPS) is 14.5. The van der Waals surface area contributed by atoms with Crippen molar-refractivity contribution in [3.63, 3.8) is 0 Å². The smallest absolute Gasteiger partial charge is 0.251 e. The van der Waals surface area contributed by atoms with E-state index in [9.17, 15) is 4.79 Å². The van der Waals surface area contributed by atoms with E-state index in [2.05, 4.69) is 22.5 Å². The van der Waals surface area contributed by atoms with E-state index in [4.69, 9.17) is 9.73 Å². The molecular formula is C24H33IN4O2. The zero-order chi connectivity index (χ0) is 21.2. The molecule has 2 aromatic rings. The number of carbonyl (C=O) groups excluding carboxylic acids is 1. The fourth-order valence-electron chi connectivity index (χ4n) is 3.49. The SMILES string of the molecule is CCNC(=O)c1ccc(CN=C(NCC)N2CCC(Oc3ccccc3)CC2)cc1.I. The molecule has 0 unspecified atom stereocenters. The van der Waals surface area contributed by atoms with Gasteiger partial charge in [-0.3, -0.25) is 4.79 Å². The summed E-state index contributed by atoms with van der Waals surface area (Å²) < 4.78 is 6.10. The molecule has 2 N–H and O–H groups in total. The first-order chi connectivity index (χ1) is 14.7. The van der Waals surface area contributed by atoms with Crippen molar-refractivity contribution in [3.05, 3.63) is 65.7 Å². The van der Waals surface area contributed by atoms with Gasteiger partial charge in [-0.25, -0.2) is 4.99 Å². The number of carbonyl (C=O) groups is 1. The average Bonchev–Trinajstić information content (AvgIpc) is 2.78. The highest BCUT2D eigenvalue weighted by molar-refractivity contribution is 14.0. The highest BCUT2D eigenvalue weighted by Gasteiger charge is 2.22.